The second-order valence-electron chi connectivity index (χ2n) is 5.42. The summed E-state index contributed by atoms with van der Waals surface area (Å²) in [5.41, 5.74) is 4.30. The number of nitrogens with zero attached hydrogens (tertiary/aromatic N) is 1. The summed E-state index contributed by atoms with van der Waals surface area (Å²) < 4.78 is 6.67. The van der Waals surface area contributed by atoms with Crippen LogP contribution < -0.4 is 4.74 Å². The average Bonchev–Trinajstić information content (AvgIpc) is 2.83. The van der Waals surface area contributed by atoms with Crippen LogP contribution in [0.3, 0.4) is 0 Å². The van der Waals surface area contributed by atoms with Gasteiger partial charge in [0.15, 0.2) is 0 Å². The lowest BCUT2D eigenvalue weighted by Gasteiger charge is -2.11. The average molecular weight is 345 g/mol. The quantitative estimate of drug-likeness (QED) is 0.718. The lowest BCUT2D eigenvalue weighted by molar-refractivity contribution is 0.241. The topological polar surface area (TPSA) is 37.9 Å². The molecular weight excluding hydrogens is 328 g/mol. The monoisotopic (exact) mass is 344 g/mol. The molecule has 0 radical (unpaired) electrons. The summed E-state index contributed by atoms with van der Waals surface area (Å²) in [5, 5.41) is 0. The lowest BCUT2D eigenvalue weighted by atomic mass is 10.2. The molecule has 0 aliphatic rings. The predicted molar refractivity (Wildman–Crippen MR) is 89.7 cm³/mol. The first kappa shape index (κ1) is 14.1. The van der Waals surface area contributed by atoms with E-state index in [1.807, 2.05) is 38.1 Å². The molecule has 1 aromatic heterocycles. The third-order valence-electron chi connectivity index (χ3n) is 3.21. The van der Waals surface area contributed by atoms with Crippen molar-refractivity contribution < 1.29 is 4.74 Å². The molecule has 3 aromatic rings. The number of aromatic amines is 1. The highest BCUT2D eigenvalue weighted by molar-refractivity contribution is 9.10. The van der Waals surface area contributed by atoms with Gasteiger partial charge in [-0.2, -0.15) is 0 Å². The van der Waals surface area contributed by atoms with E-state index in [1.165, 1.54) is 5.56 Å². The Balaban J connectivity index is 2.00. The van der Waals surface area contributed by atoms with Crippen LogP contribution in [0, 0.1) is 6.92 Å². The van der Waals surface area contributed by atoms with Crippen molar-refractivity contribution in [1.82, 2.24) is 9.97 Å². The molecule has 3 rings (SSSR count). The minimum Gasteiger partial charge on any atom is -0.490 e. The Bertz CT molecular complexity index is 793. The van der Waals surface area contributed by atoms with Crippen LogP contribution in [-0.2, 0) is 0 Å². The van der Waals surface area contributed by atoms with Crippen LogP contribution in [0.4, 0.5) is 0 Å². The van der Waals surface area contributed by atoms with Crippen molar-refractivity contribution in [1.29, 1.82) is 0 Å². The second kappa shape index (κ2) is 5.53. The van der Waals surface area contributed by atoms with Gasteiger partial charge in [-0.15, -0.1) is 0 Å². The largest absolute Gasteiger partial charge is 0.490 e. The fourth-order valence-electron chi connectivity index (χ4n) is 2.26. The molecule has 1 N–H and O–H groups in total. The zero-order chi connectivity index (χ0) is 15.0. The maximum Gasteiger partial charge on any atom is 0.138 e. The molecule has 2 aromatic carbocycles. The third kappa shape index (κ3) is 2.95. The van der Waals surface area contributed by atoms with E-state index in [2.05, 4.69) is 45.0 Å². The third-order valence-corrected chi connectivity index (χ3v) is 3.83. The summed E-state index contributed by atoms with van der Waals surface area (Å²) in [4.78, 5) is 8.01. The van der Waals surface area contributed by atoms with E-state index in [0.29, 0.717) is 0 Å². The number of H-pyrrole nitrogens is 1. The second-order valence-corrected chi connectivity index (χ2v) is 6.27. The van der Waals surface area contributed by atoms with Crippen molar-refractivity contribution in [2.24, 2.45) is 0 Å². The van der Waals surface area contributed by atoms with Crippen LogP contribution in [-0.4, -0.2) is 16.1 Å². The molecule has 0 saturated heterocycles. The zero-order valence-corrected chi connectivity index (χ0v) is 13.9. The number of imidazole rings is 1. The molecular formula is C17H17BrN2O. The molecule has 21 heavy (non-hydrogen) atoms. The minimum absolute atomic E-state index is 0.154. The number of ether oxygens (including phenoxy) is 1. The van der Waals surface area contributed by atoms with E-state index < -0.39 is 0 Å². The van der Waals surface area contributed by atoms with Crippen LogP contribution in [0.2, 0.25) is 0 Å². The Labute approximate surface area is 132 Å². The van der Waals surface area contributed by atoms with E-state index >= 15 is 0 Å². The van der Waals surface area contributed by atoms with Crippen LogP contribution in [0.25, 0.3) is 22.4 Å². The maximum absolute atomic E-state index is 5.73. The summed E-state index contributed by atoms with van der Waals surface area (Å²) in [6, 6.07) is 12.2. The first-order valence-corrected chi connectivity index (χ1v) is 7.75. The maximum atomic E-state index is 5.73. The van der Waals surface area contributed by atoms with Gasteiger partial charge in [0, 0.05) is 5.56 Å². The number of benzene rings is 2. The Morgan fingerprint density at radius 3 is 2.67 bits per heavy atom. The summed E-state index contributed by atoms with van der Waals surface area (Å²) in [6.07, 6.45) is 0.154. The predicted octanol–water partition coefficient (Wildman–Crippen LogP) is 5.09. The number of fused-ring (bicyclic) bond motifs is 1. The number of nitrogens with one attached hydrogen (secondary N) is 1. The van der Waals surface area contributed by atoms with Crippen molar-refractivity contribution in [3.8, 4) is 17.1 Å². The van der Waals surface area contributed by atoms with Crippen LogP contribution in [0.1, 0.15) is 19.4 Å². The Morgan fingerprint density at radius 2 is 1.95 bits per heavy atom. The molecule has 3 nitrogen and oxygen atoms in total. The van der Waals surface area contributed by atoms with Gasteiger partial charge in [-0.3, -0.25) is 0 Å². The highest BCUT2D eigenvalue weighted by atomic mass is 79.9. The normalized spacial score (nSPS) is 11.3. The standard InChI is InChI=1S/C17H17BrN2O/c1-10(2)21-16-7-5-12(9-13(16)18)17-19-14-6-4-11(3)8-15(14)20-17/h4-10H,1-3H3,(H,19,20). The molecule has 0 bridgehead atoms. The van der Waals surface area contributed by atoms with E-state index in [-0.39, 0.29) is 6.10 Å². The van der Waals surface area contributed by atoms with Gasteiger partial charge >= 0.3 is 0 Å². The van der Waals surface area contributed by atoms with Crippen molar-refractivity contribution in [3.05, 3.63) is 46.4 Å². The van der Waals surface area contributed by atoms with E-state index in [4.69, 9.17) is 4.74 Å². The van der Waals surface area contributed by atoms with Crippen molar-refractivity contribution >= 4 is 27.0 Å². The first-order valence-electron chi connectivity index (χ1n) is 6.96. The van der Waals surface area contributed by atoms with Gasteiger partial charge in [0.25, 0.3) is 0 Å². The van der Waals surface area contributed by atoms with Gasteiger partial charge < -0.3 is 9.72 Å². The van der Waals surface area contributed by atoms with E-state index in [0.717, 1.165) is 32.6 Å². The molecule has 108 valence electrons. The Kier molecular flexibility index (Phi) is 3.72. The Hall–Kier alpha value is -1.81. The molecule has 0 amide bonds. The fraction of sp³-hybridized carbons (Fsp3) is 0.235. The summed E-state index contributed by atoms with van der Waals surface area (Å²) in [5.74, 6) is 1.72. The van der Waals surface area contributed by atoms with Crippen LogP contribution in [0.15, 0.2) is 40.9 Å². The molecule has 0 saturated carbocycles. The number of halogens is 1. The molecule has 0 spiro atoms. The highest BCUT2D eigenvalue weighted by Gasteiger charge is 2.09. The molecule has 4 heteroatoms. The number of rotatable bonds is 3. The molecule has 1 heterocycles. The van der Waals surface area contributed by atoms with Gasteiger partial charge in [-0.1, -0.05) is 6.07 Å². The van der Waals surface area contributed by atoms with Gasteiger partial charge in [0.05, 0.1) is 21.6 Å². The lowest BCUT2D eigenvalue weighted by Crippen LogP contribution is -2.05. The fourth-order valence-corrected chi connectivity index (χ4v) is 2.73. The van der Waals surface area contributed by atoms with E-state index in [9.17, 15) is 0 Å². The molecule has 0 fully saturated rings. The van der Waals surface area contributed by atoms with Crippen LogP contribution in [0.5, 0.6) is 5.75 Å². The van der Waals surface area contributed by atoms with Crippen molar-refractivity contribution in [2.75, 3.05) is 0 Å². The van der Waals surface area contributed by atoms with Gasteiger partial charge in [-0.25, -0.2) is 4.98 Å². The zero-order valence-electron chi connectivity index (χ0n) is 12.3. The number of aryl methyl sites for hydroxylation is 1. The van der Waals surface area contributed by atoms with Gasteiger partial charge in [0.1, 0.15) is 11.6 Å². The van der Waals surface area contributed by atoms with E-state index in [1.54, 1.807) is 0 Å². The molecule has 0 unspecified atom stereocenters. The number of hydrogen-bond donors (Lipinski definition) is 1. The number of hydrogen-bond acceptors (Lipinski definition) is 2. The van der Waals surface area contributed by atoms with Crippen molar-refractivity contribution in [3.63, 3.8) is 0 Å². The molecule has 0 aliphatic heterocycles. The summed E-state index contributed by atoms with van der Waals surface area (Å²) in [6.45, 7) is 6.11. The van der Waals surface area contributed by atoms with Crippen molar-refractivity contribution in [2.45, 2.75) is 26.9 Å². The Morgan fingerprint density at radius 1 is 1.14 bits per heavy atom. The summed E-state index contributed by atoms with van der Waals surface area (Å²) in [7, 11) is 0. The number of aromatic nitrogens is 2. The SMILES string of the molecule is Cc1ccc2nc(-c3ccc(OC(C)C)c(Br)c3)[nH]c2c1. The minimum atomic E-state index is 0.154. The molecule has 0 aliphatic carbocycles. The summed E-state index contributed by atoms with van der Waals surface area (Å²) >= 11 is 3.56. The smallest absolute Gasteiger partial charge is 0.138 e. The van der Waals surface area contributed by atoms with Gasteiger partial charge in [0.2, 0.25) is 0 Å². The molecule has 0 atom stereocenters. The van der Waals surface area contributed by atoms with Gasteiger partial charge in [-0.05, 0) is 72.6 Å². The van der Waals surface area contributed by atoms with Crippen LogP contribution >= 0.6 is 15.9 Å². The first-order chi connectivity index (χ1) is 10.0. The highest BCUT2D eigenvalue weighted by Crippen LogP contribution is 2.31.